The van der Waals surface area contributed by atoms with E-state index in [1.54, 1.807) is 6.07 Å². The van der Waals surface area contributed by atoms with Gasteiger partial charge in [-0.3, -0.25) is 4.79 Å². The quantitative estimate of drug-likeness (QED) is 0.579. The Bertz CT molecular complexity index is 809. The minimum Gasteiger partial charge on any atom is -1.00 e. The fraction of sp³-hybridized carbons (Fsp3) is 0.480. The molecule has 1 aliphatic rings. The standard InChI is InChI=1S/C25H33FNO.BrH/c1-4-24(25(28)17-22-19(2)11-10-12-20(22)3)27(15-8-5-9-16-27)18-21-13-6-7-14-23(21)26;/h6-7,10-14,24H,4-5,8-9,15-18H2,1-3H3;1H/q+1;/p-1. The summed E-state index contributed by atoms with van der Waals surface area (Å²) >= 11 is 0. The summed E-state index contributed by atoms with van der Waals surface area (Å²) in [6.45, 7) is 8.83. The third-order valence-electron chi connectivity index (χ3n) is 6.56. The summed E-state index contributed by atoms with van der Waals surface area (Å²) in [6.07, 6.45) is 4.72. The Morgan fingerprint density at radius 3 is 2.21 bits per heavy atom. The summed E-state index contributed by atoms with van der Waals surface area (Å²) in [5, 5.41) is 0. The second-order valence-electron chi connectivity index (χ2n) is 8.41. The zero-order valence-electron chi connectivity index (χ0n) is 17.9. The highest BCUT2D eigenvalue weighted by Crippen LogP contribution is 2.30. The van der Waals surface area contributed by atoms with E-state index in [-0.39, 0.29) is 28.8 Å². The highest BCUT2D eigenvalue weighted by atomic mass is 79.9. The van der Waals surface area contributed by atoms with Crippen molar-refractivity contribution in [2.75, 3.05) is 13.1 Å². The van der Waals surface area contributed by atoms with Gasteiger partial charge < -0.3 is 21.5 Å². The van der Waals surface area contributed by atoms with Crippen LogP contribution in [0.25, 0.3) is 0 Å². The molecule has 4 heteroatoms. The fourth-order valence-corrected chi connectivity index (χ4v) is 5.03. The number of halogens is 2. The average Bonchev–Trinajstić information content (AvgIpc) is 2.68. The lowest BCUT2D eigenvalue weighted by Gasteiger charge is -2.46. The molecule has 0 amide bonds. The Morgan fingerprint density at radius 1 is 1.00 bits per heavy atom. The molecule has 0 bridgehead atoms. The van der Waals surface area contributed by atoms with E-state index in [9.17, 15) is 9.18 Å². The Balaban J connectivity index is 0.00000300. The van der Waals surface area contributed by atoms with Crippen molar-refractivity contribution in [3.63, 3.8) is 0 Å². The van der Waals surface area contributed by atoms with Crippen LogP contribution in [-0.2, 0) is 17.8 Å². The number of benzene rings is 2. The van der Waals surface area contributed by atoms with E-state index >= 15 is 0 Å². The van der Waals surface area contributed by atoms with Crippen LogP contribution in [0.3, 0.4) is 0 Å². The number of hydrogen-bond acceptors (Lipinski definition) is 1. The van der Waals surface area contributed by atoms with E-state index < -0.39 is 0 Å². The number of Topliss-reactive ketones (excluding diaryl/α,β-unsaturated/α-hetero) is 1. The van der Waals surface area contributed by atoms with E-state index in [0.29, 0.717) is 23.2 Å². The zero-order chi connectivity index (χ0) is 20.1. The number of aryl methyl sites for hydroxylation is 2. The lowest BCUT2D eigenvalue weighted by molar-refractivity contribution is -0.959. The molecule has 2 aromatic rings. The van der Waals surface area contributed by atoms with Gasteiger partial charge in [-0.1, -0.05) is 43.3 Å². The smallest absolute Gasteiger partial charge is 0.194 e. The van der Waals surface area contributed by atoms with E-state index in [1.165, 1.54) is 23.6 Å². The van der Waals surface area contributed by atoms with Gasteiger partial charge in [0, 0.05) is 18.4 Å². The van der Waals surface area contributed by atoms with Crippen LogP contribution in [0, 0.1) is 19.7 Å². The lowest BCUT2D eigenvalue weighted by Crippen LogP contribution is -3.00. The number of ketones is 1. The number of carbonyl (C=O) groups is 1. The molecule has 2 nitrogen and oxygen atoms in total. The van der Waals surface area contributed by atoms with Gasteiger partial charge in [0.1, 0.15) is 18.4 Å². The molecule has 158 valence electrons. The van der Waals surface area contributed by atoms with Gasteiger partial charge in [-0.25, -0.2) is 4.39 Å². The van der Waals surface area contributed by atoms with Crippen LogP contribution in [-0.4, -0.2) is 29.4 Å². The Labute approximate surface area is 185 Å². The number of hydrogen-bond donors (Lipinski definition) is 0. The number of carbonyl (C=O) groups excluding carboxylic acids is 1. The monoisotopic (exact) mass is 461 g/mol. The van der Waals surface area contributed by atoms with E-state index in [2.05, 4.69) is 32.9 Å². The van der Waals surface area contributed by atoms with Crippen LogP contribution >= 0.6 is 0 Å². The number of rotatable bonds is 7. The first-order valence-electron chi connectivity index (χ1n) is 10.6. The predicted octanol–water partition coefficient (Wildman–Crippen LogP) is 2.54. The summed E-state index contributed by atoms with van der Waals surface area (Å²) in [4.78, 5) is 13.5. The molecular formula is C25H33BrFNO. The van der Waals surface area contributed by atoms with E-state index in [1.807, 2.05) is 18.2 Å². The van der Waals surface area contributed by atoms with Gasteiger partial charge in [-0.2, -0.15) is 0 Å². The average molecular weight is 462 g/mol. The van der Waals surface area contributed by atoms with E-state index in [0.717, 1.165) is 43.5 Å². The van der Waals surface area contributed by atoms with Gasteiger partial charge in [0.25, 0.3) is 0 Å². The van der Waals surface area contributed by atoms with Crippen molar-refractivity contribution in [1.82, 2.24) is 0 Å². The molecule has 0 radical (unpaired) electrons. The normalized spacial score (nSPS) is 16.7. The molecule has 0 aromatic heterocycles. The molecule has 29 heavy (non-hydrogen) atoms. The number of nitrogens with zero attached hydrogens (tertiary/aromatic N) is 1. The number of likely N-dealkylation sites (tertiary alicyclic amines) is 1. The largest absolute Gasteiger partial charge is 1.00 e. The van der Waals surface area contributed by atoms with Crippen LogP contribution in [0.5, 0.6) is 0 Å². The first kappa shape index (κ1) is 23.8. The summed E-state index contributed by atoms with van der Waals surface area (Å²) in [5.74, 6) is 0.153. The molecule has 1 unspecified atom stereocenters. The molecular weight excluding hydrogens is 429 g/mol. The summed E-state index contributed by atoms with van der Waals surface area (Å²) in [6, 6.07) is 13.2. The fourth-order valence-electron chi connectivity index (χ4n) is 5.03. The molecule has 1 heterocycles. The maximum absolute atomic E-state index is 14.4. The molecule has 0 saturated carbocycles. The first-order valence-corrected chi connectivity index (χ1v) is 10.6. The summed E-state index contributed by atoms with van der Waals surface area (Å²) in [5.41, 5.74) is 4.26. The van der Waals surface area contributed by atoms with Crippen LogP contribution in [0.1, 0.15) is 54.9 Å². The molecule has 1 fully saturated rings. The molecule has 3 rings (SSSR count). The maximum Gasteiger partial charge on any atom is 0.194 e. The Morgan fingerprint density at radius 2 is 1.62 bits per heavy atom. The second kappa shape index (κ2) is 10.5. The molecule has 1 atom stereocenters. The molecule has 0 spiro atoms. The first-order chi connectivity index (χ1) is 13.5. The maximum atomic E-state index is 14.4. The molecule has 0 N–H and O–H groups in total. The summed E-state index contributed by atoms with van der Waals surface area (Å²) in [7, 11) is 0. The van der Waals surface area contributed by atoms with Crippen molar-refractivity contribution in [1.29, 1.82) is 0 Å². The van der Waals surface area contributed by atoms with Crippen molar-refractivity contribution in [3.05, 3.63) is 70.5 Å². The SMILES string of the molecule is CCC(C(=O)Cc1c(C)cccc1C)[N+]1(Cc2ccccc2F)CCCCC1.[Br-]. The van der Waals surface area contributed by atoms with Crippen LogP contribution in [0.2, 0.25) is 0 Å². The lowest BCUT2D eigenvalue weighted by atomic mass is 9.91. The summed E-state index contributed by atoms with van der Waals surface area (Å²) < 4.78 is 15.2. The molecule has 0 aliphatic carbocycles. The Kier molecular flexibility index (Phi) is 8.59. The highest BCUT2D eigenvalue weighted by molar-refractivity contribution is 5.85. The van der Waals surface area contributed by atoms with Crippen LogP contribution < -0.4 is 17.0 Å². The third-order valence-corrected chi connectivity index (χ3v) is 6.56. The third kappa shape index (κ3) is 5.35. The van der Waals surface area contributed by atoms with Crippen LogP contribution in [0.4, 0.5) is 4.39 Å². The topological polar surface area (TPSA) is 17.1 Å². The molecule has 1 aliphatic heterocycles. The highest BCUT2D eigenvalue weighted by Gasteiger charge is 2.42. The van der Waals surface area contributed by atoms with Crippen molar-refractivity contribution in [2.24, 2.45) is 0 Å². The van der Waals surface area contributed by atoms with Gasteiger partial charge >= 0.3 is 0 Å². The van der Waals surface area contributed by atoms with Crippen molar-refractivity contribution >= 4 is 5.78 Å². The zero-order valence-corrected chi connectivity index (χ0v) is 19.5. The molecule has 1 saturated heterocycles. The van der Waals surface area contributed by atoms with Gasteiger partial charge in [0.05, 0.1) is 13.1 Å². The minimum atomic E-state index is -0.150. The van der Waals surface area contributed by atoms with E-state index in [4.69, 9.17) is 0 Å². The van der Waals surface area contributed by atoms with Gasteiger partial charge in [-0.15, -0.1) is 0 Å². The minimum absolute atomic E-state index is 0. The number of piperidine rings is 1. The number of quaternary nitrogens is 1. The van der Waals surface area contributed by atoms with Crippen molar-refractivity contribution in [3.8, 4) is 0 Å². The predicted molar refractivity (Wildman–Crippen MR) is 113 cm³/mol. The second-order valence-corrected chi connectivity index (χ2v) is 8.41. The molecule has 2 aromatic carbocycles. The van der Waals surface area contributed by atoms with Crippen molar-refractivity contribution < 1.29 is 30.6 Å². The van der Waals surface area contributed by atoms with Gasteiger partial charge in [0.2, 0.25) is 0 Å². The van der Waals surface area contributed by atoms with Crippen molar-refractivity contribution in [2.45, 2.75) is 65.5 Å². The van der Waals surface area contributed by atoms with Gasteiger partial charge in [-0.05, 0) is 55.9 Å². The van der Waals surface area contributed by atoms with Gasteiger partial charge in [0.15, 0.2) is 5.78 Å². The Hall–Kier alpha value is -1.52. The van der Waals surface area contributed by atoms with Crippen LogP contribution in [0.15, 0.2) is 42.5 Å².